The average Bonchev–Trinajstić information content (AvgIpc) is 3.01. The van der Waals surface area contributed by atoms with Crippen molar-refractivity contribution in [3.63, 3.8) is 0 Å². The summed E-state index contributed by atoms with van der Waals surface area (Å²) in [6.45, 7) is 4.69. The standard InChI is InChI=1S/C21H19BrClNO3/c1-21(2)14-10-17(27-7-3-6-25)15(22)9-13(14)19(26)18-12-5-4-11(23)8-16(12)24-20(18)21/h4-5,8-10,24-25H,3,6-7H2,1-2H3. The van der Waals surface area contributed by atoms with E-state index in [2.05, 4.69) is 34.8 Å². The number of aromatic amines is 1. The molecule has 3 aromatic rings. The summed E-state index contributed by atoms with van der Waals surface area (Å²) in [4.78, 5) is 16.7. The molecule has 1 aliphatic carbocycles. The number of H-pyrrole nitrogens is 1. The van der Waals surface area contributed by atoms with E-state index in [-0.39, 0.29) is 12.4 Å². The van der Waals surface area contributed by atoms with Gasteiger partial charge in [-0.1, -0.05) is 31.5 Å². The number of hydrogen-bond acceptors (Lipinski definition) is 3. The molecule has 0 amide bonds. The number of ketones is 1. The van der Waals surface area contributed by atoms with Crippen LogP contribution in [-0.4, -0.2) is 29.1 Å². The lowest BCUT2D eigenvalue weighted by Gasteiger charge is -2.32. The number of ether oxygens (including phenoxy) is 1. The Kier molecular flexibility index (Phi) is 4.57. The molecule has 4 nitrogen and oxygen atoms in total. The van der Waals surface area contributed by atoms with Gasteiger partial charge in [0.25, 0.3) is 0 Å². The first-order chi connectivity index (χ1) is 12.8. The van der Waals surface area contributed by atoms with E-state index in [9.17, 15) is 4.79 Å². The average molecular weight is 449 g/mol. The van der Waals surface area contributed by atoms with E-state index in [0.29, 0.717) is 34.9 Å². The van der Waals surface area contributed by atoms with Crippen LogP contribution in [0.3, 0.4) is 0 Å². The lowest BCUT2D eigenvalue weighted by Crippen LogP contribution is -2.30. The van der Waals surface area contributed by atoms with Crippen LogP contribution in [0.5, 0.6) is 5.75 Å². The van der Waals surface area contributed by atoms with Gasteiger partial charge in [0.1, 0.15) is 5.75 Å². The van der Waals surface area contributed by atoms with Crippen molar-refractivity contribution in [3.05, 3.63) is 62.2 Å². The number of benzene rings is 2. The molecule has 1 heterocycles. The van der Waals surface area contributed by atoms with E-state index in [0.717, 1.165) is 26.6 Å². The van der Waals surface area contributed by atoms with Crippen LogP contribution in [0, 0.1) is 0 Å². The van der Waals surface area contributed by atoms with Crippen LogP contribution >= 0.6 is 27.5 Å². The molecule has 1 aliphatic rings. The fraction of sp³-hybridized carbons (Fsp3) is 0.286. The Bertz CT molecular complexity index is 1070. The summed E-state index contributed by atoms with van der Waals surface area (Å²) in [7, 11) is 0. The third kappa shape index (κ3) is 2.89. The highest BCUT2D eigenvalue weighted by molar-refractivity contribution is 9.10. The number of hydrogen-bond donors (Lipinski definition) is 2. The maximum Gasteiger partial charge on any atom is 0.195 e. The van der Waals surface area contributed by atoms with E-state index in [1.165, 1.54) is 0 Å². The summed E-state index contributed by atoms with van der Waals surface area (Å²) in [5, 5.41) is 10.5. The topological polar surface area (TPSA) is 62.3 Å². The van der Waals surface area contributed by atoms with Gasteiger partial charge < -0.3 is 14.8 Å². The van der Waals surface area contributed by atoms with E-state index < -0.39 is 5.41 Å². The van der Waals surface area contributed by atoms with E-state index in [4.69, 9.17) is 21.4 Å². The predicted octanol–water partition coefficient (Wildman–Crippen LogP) is 5.22. The highest BCUT2D eigenvalue weighted by Crippen LogP contribution is 2.46. The molecule has 0 atom stereocenters. The maximum atomic E-state index is 13.3. The number of aliphatic hydroxyl groups is 1. The molecule has 2 N–H and O–H groups in total. The van der Waals surface area contributed by atoms with Gasteiger partial charge >= 0.3 is 0 Å². The third-order valence-corrected chi connectivity index (χ3v) is 6.02. The van der Waals surface area contributed by atoms with Crippen molar-refractivity contribution in [3.8, 4) is 5.75 Å². The van der Waals surface area contributed by atoms with Crippen LogP contribution < -0.4 is 4.74 Å². The molecule has 1 aromatic heterocycles. The fourth-order valence-electron chi connectivity index (χ4n) is 3.76. The van der Waals surface area contributed by atoms with Crippen molar-refractivity contribution in [2.24, 2.45) is 0 Å². The Labute approximate surface area is 170 Å². The summed E-state index contributed by atoms with van der Waals surface area (Å²) in [6.07, 6.45) is 0.554. The minimum atomic E-state index is -0.403. The zero-order chi connectivity index (χ0) is 19.3. The van der Waals surface area contributed by atoms with Crippen molar-refractivity contribution in [2.45, 2.75) is 25.7 Å². The molecule has 0 radical (unpaired) electrons. The molecule has 0 unspecified atom stereocenters. The molecule has 2 aromatic carbocycles. The van der Waals surface area contributed by atoms with Crippen molar-refractivity contribution in [1.29, 1.82) is 0 Å². The Hall–Kier alpha value is -1.82. The van der Waals surface area contributed by atoms with Crippen LogP contribution in [-0.2, 0) is 5.41 Å². The van der Waals surface area contributed by atoms with Crippen LogP contribution in [0.2, 0.25) is 5.02 Å². The van der Waals surface area contributed by atoms with Crippen molar-refractivity contribution in [2.75, 3.05) is 13.2 Å². The van der Waals surface area contributed by atoms with Gasteiger partial charge in [0, 0.05) is 45.6 Å². The molecule has 0 bridgehead atoms. The number of aliphatic hydroxyl groups excluding tert-OH is 1. The summed E-state index contributed by atoms with van der Waals surface area (Å²) >= 11 is 9.65. The Balaban J connectivity index is 1.90. The molecule has 0 fully saturated rings. The Morgan fingerprint density at radius 1 is 1.26 bits per heavy atom. The van der Waals surface area contributed by atoms with Gasteiger partial charge in [0.2, 0.25) is 0 Å². The number of aromatic nitrogens is 1. The molecule has 0 aliphatic heterocycles. The zero-order valence-corrected chi connectivity index (χ0v) is 17.4. The minimum Gasteiger partial charge on any atom is -0.492 e. The van der Waals surface area contributed by atoms with E-state index in [1.807, 2.05) is 30.3 Å². The highest BCUT2D eigenvalue weighted by Gasteiger charge is 2.40. The lowest BCUT2D eigenvalue weighted by molar-refractivity contribution is 0.103. The molecular formula is C21H19BrClNO3. The first kappa shape index (κ1) is 18.5. The number of rotatable bonds is 4. The van der Waals surface area contributed by atoms with Gasteiger partial charge in [-0.25, -0.2) is 0 Å². The van der Waals surface area contributed by atoms with E-state index >= 15 is 0 Å². The van der Waals surface area contributed by atoms with Crippen molar-refractivity contribution < 1.29 is 14.6 Å². The second-order valence-electron chi connectivity index (χ2n) is 7.27. The normalized spacial score (nSPS) is 14.9. The third-order valence-electron chi connectivity index (χ3n) is 5.16. The number of fused-ring (bicyclic) bond motifs is 4. The highest BCUT2D eigenvalue weighted by atomic mass is 79.9. The molecule has 0 saturated carbocycles. The van der Waals surface area contributed by atoms with Crippen molar-refractivity contribution >= 4 is 44.2 Å². The molecule has 140 valence electrons. The van der Waals surface area contributed by atoms with Gasteiger partial charge in [0.15, 0.2) is 5.78 Å². The van der Waals surface area contributed by atoms with Crippen LogP contribution in [0.1, 0.15) is 47.4 Å². The van der Waals surface area contributed by atoms with Gasteiger partial charge in [-0.3, -0.25) is 4.79 Å². The monoisotopic (exact) mass is 447 g/mol. The van der Waals surface area contributed by atoms with E-state index in [1.54, 1.807) is 0 Å². The Morgan fingerprint density at radius 2 is 2.04 bits per heavy atom. The number of nitrogens with one attached hydrogen (secondary N) is 1. The largest absolute Gasteiger partial charge is 0.492 e. The van der Waals surface area contributed by atoms with Crippen LogP contribution in [0.25, 0.3) is 10.9 Å². The molecule has 0 saturated heterocycles. The van der Waals surface area contributed by atoms with Crippen LogP contribution in [0.15, 0.2) is 34.8 Å². The zero-order valence-electron chi connectivity index (χ0n) is 15.0. The SMILES string of the molecule is CC1(C)c2cc(OCCCO)c(Br)cc2C(=O)c2c1[nH]c1cc(Cl)ccc21. The second kappa shape index (κ2) is 6.66. The summed E-state index contributed by atoms with van der Waals surface area (Å²) < 4.78 is 6.52. The summed E-state index contributed by atoms with van der Waals surface area (Å²) in [5.74, 6) is 0.668. The number of carbonyl (C=O) groups excluding carboxylic acids is 1. The van der Waals surface area contributed by atoms with Crippen molar-refractivity contribution in [1.82, 2.24) is 4.98 Å². The fourth-order valence-corrected chi connectivity index (χ4v) is 4.39. The second-order valence-corrected chi connectivity index (χ2v) is 8.56. The summed E-state index contributed by atoms with van der Waals surface area (Å²) in [5.41, 5.74) is 3.64. The molecule has 6 heteroatoms. The molecule has 27 heavy (non-hydrogen) atoms. The number of halogens is 2. The van der Waals surface area contributed by atoms with Gasteiger partial charge in [-0.15, -0.1) is 0 Å². The first-order valence-electron chi connectivity index (χ1n) is 8.78. The van der Waals surface area contributed by atoms with Gasteiger partial charge in [0.05, 0.1) is 16.6 Å². The molecule has 0 spiro atoms. The lowest BCUT2D eigenvalue weighted by atomic mass is 9.71. The Morgan fingerprint density at radius 3 is 2.78 bits per heavy atom. The minimum absolute atomic E-state index is 0.00416. The maximum absolute atomic E-state index is 13.3. The smallest absolute Gasteiger partial charge is 0.195 e. The van der Waals surface area contributed by atoms with Gasteiger partial charge in [-0.05, 0) is 45.8 Å². The number of carbonyl (C=O) groups is 1. The van der Waals surface area contributed by atoms with Crippen LogP contribution in [0.4, 0.5) is 0 Å². The van der Waals surface area contributed by atoms with Gasteiger partial charge in [-0.2, -0.15) is 0 Å². The quantitative estimate of drug-likeness (QED) is 0.538. The predicted molar refractivity (Wildman–Crippen MR) is 110 cm³/mol. The molecule has 4 rings (SSSR count). The molecular weight excluding hydrogens is 430 g/mol. The summed E-state index contributed by atoms with van der Waals surface area (Å²) in [6, 6.07) is 9.32. The first-order valence-corrected chi connectivity index (χ1v) is 9.95.